The van der Waals surface area contributed by atoms with Gasteiger partial charge in [0.15, 0.2) is 12.8 Å². The highest BCUT2D eigenvalue weighted by Crippen LogP contribution is 2.51. The number of benzene rings is 1. The summed E-state index contributed by atoms with van der Waals surface area (Å²) in [6.45, 7) is 14.9. The van der Waals surface area contributed by atoms with Crippen LogP contribution in [0.1, 0.15) is 57.3 Å². The van der Waals surface area contributed by atoms with E-state index in [0.29, 0.717) is 12.2 Å². The van der Waals surface area contributed by atoms with Gasteiger partial charge in [-0.15, -0.1) is 0 Å². The second-order valence-corrected chi connectivity index (χ2v) is 16.1. The van der Waals surface area contributed by atoms with Gasteiger partial charge in [0.2, 0.25) is 0 Å². The number of carbonyl (C=O) groups excluding carboxylic acids is 1. The fraction of sp³-hybridized carbons (Fsp3) is 0.696. The number of carbonyl (C=O) groups is 1. The molecule has 5 nitrogen and oxygen atoms in total. The van der Waals surface area contributed by atoms with E-state index in [0.717, 1.165) is 25.8 Å². The lowest BCUT2D eigenvalue weighted by Gasteiger charge is -2.45. The van der Waals surface area contributed by atoms with Crippen molar-refractivity contribution in [3.05, 3.63) is 35.9 Å². The van der Waals surface area contributed by atoms with Crippen molar-refractivity contribution in [3.8, 4) is 0 Å². The summed E-state index contributed by atoms with van der Waals surface area (Å²) in [6.07, 6.45) is 2.74. The van der Waals surface area contributed by atoms with Crippen LogP contribution in [0.4, 0.5) is 0 Å². The van der Waals surface area contributed by atoms with E-state index >= 15 is 0 Å². The molecule has 30 heavy (non-hydrogen) atoms. The molecule has 2 heterocycles. The minimum absolute atomic E-state index is 0.0468. The lowest BCUT2D eigenvalue weighted by Crippen LogP contribution is -2.54. The summed E-state index contributed by atoms with van der Waals surface area (Å²) in [4.78, 5) is 18.5. The molecule has 1 aromatic rings. The molecule has 168 valence electrons. The number of hydroxylamine groups is 2. The topological polar surface area (TPSA) is 48.0 Å². The molecular formula is C23H36BrNO4Si. The van der Waals surface area contributed by atoms with Crippen LogP contribution in [0.3, 0.4) is 0 Å². The average Bonchev–Trinajstić information content (AvgIpc) is 2.88. The summed E-state index contributed by atoms with van der Waals surface area (Å²) < 4.78 is 11.7. The average molecular weight is 499 g/mol. The number of rotatable bonds is 7. The van der Waals surface area contributed by atoms with E-state index < -0.39 is 12.8 Å². The minimum atomic E-state index is -1.89. The van der Waals surface area contributed by atoms with E-state index in [1.807, 2.05) is 18.2 Å². The number of halogens is 1. The van der Waals surface area contributed by atoms with Gasteiger partial charge < -0.3 is 9.16 Å². The van der Waals surface area contributed by atoms with Gasteiger partial charge in [-0.25, -0.2) is 4.79 Å². The molecule has 0 saturated carbocycles. The van der Waals surface area contributed by atoms with Gasteiger partial charge in [-0.3, -0.25) is 4.84 Å². The number of ether oxygens (including phenoxy) is 1. The number of esters is 1. The van der Waals surface area contributed by atoms with Crippen molar-refractivity contribution >= 4 is 30.2 Å². The standard InChI is InChI=1S/C23H36BrNO4Si/c1-17-19(13-10-16-27-21(26)18-11-8-7-9-12-18)25-15-14-20(23(17,24)29-25)28-30(5,6)22(2,3)4/h7-9,11-12,17,19-20H,10,13-16H2,1-6H3/t17-,19-,20-,23-/m1/s1. The van der Waals surface area contributed by atoms with Crippen molar-refractivity contribution in [1.29, 1.82) is 0 Å². The molecule has 0 spiro atoms. The van der Waals surface area contributed by atoms with Crippen molar-refractivity contribution < 1.29 is 18.8 Å². The first kappa shape index (κ1) is 23.9. The van der Waals surface area contributed by atoms with Crippen LogP contribution in [0.15, 0.2) is 30.3 Å². The van der Waals surface area contributed by atoms with Crippen LogP contribution in [-0.4, -0.2) is 49.2 Å². The molecule has 2 saturated heterocycles. The molecule has 0 aliphatic carbocycles. The quantitative estimate of drug-likeness (QED) is 0.207. The Hall–Kier alpha value is -0.733. The zero-order valence-electron chi connectivity index (χ0n) is 19.1. The predicted octanol–water partition coefficient (Wildman–Crippen LogP) is 5.76. The Kier molecular flexibility index (Phi) is 7.19. The lowest BCUT2D eigenvalue weighted by atomic mass is 9.91. The molecular weight excluding hydrogens is 462 g/mol. The van der Waals surface area contributed by atoms with E-state index in [9.17, 15) is 4.79 Å². The van der Waals surface area contributed by atoms with Crippen LogP contribution in [0.2, 0.25) is 18.1 Å². The van der Waals surface area contributed by atoms with Gasteiger partial charge in [0, 0.05) is 18.5 Å². The molecule has 1 aromatic carbocycles. The smallest absolute Gasteiger partial charge is 0.338 e. The van der Waals surface area contributed by atoms with Crippen LogP contribution in [0.25, 0.3) is 0 Å². The van der Waals surface area contributed by atoms with Gasteiger partial charge in [0.05, 0.1) is 18.3 Å². The van der Waals surface area contributed by atoms with E-state index in [2.05, 4.69) is 61.8 Å². The monoisotopic (exact) mass is 497 g/mol. The maximum Gasteiger partial charge on any atom is 0.338 e. The Bertz CT molecular complexity index is 738. The Morgan fingerprint density at radius 2 is 1.97 bits per heavy atom. The molecule has 5 atom stereocenters. The second-order valence-electron chi connectivity index (χ2n) is 10.1. The molecule has 3 rings (SSSR count). The first-order valence-corrected chi connectivity index (χ1v) is 14.7. The van der Waals surface area contributed by atoms with Gasteiger partial charge in [0.25, 0.3) is 0 Å². The maximum absolute atomic E-state index is 12.1. The largest absolute Gasteiger partial charge is 0.462 e. The first-order chi connectivity index (χ1) is 14.0. The third kappa shape index (κ3) is 4.85. The molecule has 0 N–H and O–H groups in total. The fourth-order valence-electron chi connectivity index (χ4n) is 4.03. The molecule has 2 aliphatic rings. The van der Waals surface area contributed by atoms with Crippen LogP contribution < -0.4 is 0 Å². The van der Waals surface area contributed by atoms with Crippen LogP contribution in [-0.2, 0) is 14.0 Å². The summed E-state index contributed by atoms with van der Waals surface area (Å²) in [5, 5.41) is 2.28. The summed E-state index contributed by atoms with van der Waals surface area (Å²) >= 11 is 3.94. The third-order valence-corrected chi connectivity index (χ3v) is 12.9. The fourth-order valence-corrected chi connectivity index (χ4v) is 6.37. The molecule has 1 unspecified atom stereocenters. The zero-order chi connectivity index (χ0) is 22.2. The molecule has 0 aromatic heterocycles. The highest BCUT2D eigenvalue weighted by molar-refractivity contribution is 9.10. The highest BCUT2D eigenvalue weighted by atomic mass is 79.9. The Morgan fingerprint density at radius 3 is 2.60 bits per heavy atom. The van der Waals surface area contributed by atoms with Gasteiger partial charge in [-0.2, -0.15) is 5.06 Å². The van der Waals surface area contributed by atoms with Crippen molar-refractivity contribution in [2.75, 3.05) is 13.2 Å². The summed E-state index contributed by atoms with van der Waals surface area (Å²) in [5.41, 5.74) is 0.597. The Morgan fingerprint density at radius 1 is 1.30 bits per heavy atom. The third-order valence-electron chi connectivity index (χ3n) is 7.01. The van der Waals surface area contributed by atoms with Crippen molar-refractivity contribution in [3.63, 3.8) is 0 Å². The van der Waals surface area contributed by atoms with E-state index in [4.69, 9.17) is 14.0 Å². The van der Waals surface area contributed by atoms with E-state index in [1.165, 1.54) is 0 Å². The van der Waals surface area contributed by atoms with Gasteiger partial charge in [-0.1, -0.05) is 45.9 Å². The number of fused-ring (bicyclic) bond motifs is 2. The molecule has 2 fully saturated rings. The SMILES string of the molecule is C[C@@H]1[C@@H](CCCOC(=O)c2ccccc2)N2CC[C@@H](O[Si](C)(C)C(C)(C)C)[C@]1(Br)O2. The normalized spacial score (nSPS) is 31.6. The highest BCUT2D eigenvalue weighted by Gasteiger charge is 2.59. The molecule has 2 bridgehead atoms. The zero-order valence-corrected chi connectivity index (χ0v) is 21.7. The maximum atomic E-state index is 12.1. The summed E-state index contributed by atoms with van der Waals surface area (Å²) in [6, 6.07) is 9.43. The number of nitrogens with zero attached hydrogens (tertiary/aromatic N) is 1. The van der Waals surface area contributed by atoms with Crippen molar-refractivity contribution in [2.24, 2.45) is 5.92 Å². The summed E-state index contributed by atoms with van der Waals surface area (Å²) in [5.74, 6) is 0.0183. The van der Waals surface area contributed by atoms with Crippen LogP contribution >= 0.6 is 15.9 Å². The van der Waals surface area contributed by atoms with Crippen LogP contribution in [0.5, 0.6) is 0 Å². The van der Waals surface area contributed by atoms with E-state index in [-0.39, 0.29) is 29.1 Å². The molecule has 2 aliphatic heterocycles. The van der Waals surface area contributed by atoms with Gasteiger partial charge in [-0.05, 0) is 65.5 Å². The summed E-state index contributed by atoms with van der Waals surface area (Å²) in [7, 11) is -1.89. The number of hydrogen-bond donors (Lipinski definition) is 0. The lowest BCUT2D eigenvalue weighted by molar-refractivity contribution is -0.226. The molecule has 7 heteroatoms. The first-order valence-electron chi connectivity index (χ1n) is 11.0. The van der Waals surface area contributed by atoms with Gasteiger partial charge >= 0.3 is 5.97 Å². The van der Waals surface area contributed by atoms with E-state index in [1.54, 1.807) is 12.1 Å². The molecule has 0 amide bonds. The van der Waals surface area contributed by atoms with Crippen molar-refractivity contribution in [1.82, 2.24) is 5.06 Å². The number of hydrogen-bond acceptors (Lipinski definition) is 5. The van der Waals surface area contributed by atoms with Crippen LogP contribution in [0, 0.1) is 5.92 Å². The minimum Gasteiger partial charge on any atom is -0.462 e. The molecule has 0 radical (unpaired) electrons. The van der Waals surface area contributed by atoms with Crippen molar-refractivity contribution in [2.45, 2.75) is 81.7 Å². The predicted molar refractivity (Wildman–Crippen MR) is 125 cm³/mol. The Labute approximate surface area is 190 Å². The van der Waals surface area contributed by atoms with Gasteiger partial charge in [0.1, 0.15) is 0 Å². The Balaban J connectivity index is 1.55. The number of alkyl halides is 1. The second kappa shape index (κ2) is 9.02.